The van der Waals surface area contributed by atoms with Crippen molar-refractivity contribution in [1.29, 1.82) is 5.26 Å². The third-order valence-corrected chi connectivity index (χ3v) is 4.76. The molecule has 0 radical (unpaired) electrons. The third-order valence-electron chi connectivity index (χ3n) is 4.76. The van der Waals surface area contributed by atoms with Crippen LogP contribution in [0.5, 0.6) is 0 Å². The molecule has 0 atom stereocenters. The third kappa shape index (κ3) is 3.89. The Morgan fingerprint density at radius 2 is 2.08 bits per heavy atom. The maximum Gasteiger partial charge on any atom is 0.255 e. The van der Waals surface area contributed by atoms with Crippen LogP contribution in [0, 0.1) is 11.3 Å². The fraction of sp³-hybridized carbons (Fsp3) is 0.333. The van der Waals surface area contributed by atoms with Crippen molar-refractivity contribution in [2.75, 3.05) is 18.9 Å². The molecule has 25 heavy (non-hydrogen) atoms. The molecule has 1 amide bonds. The molecule has 128 valence electrons. The Hall–Kier alpha value is -2.64. The van der Waals surface area contributed by atoms with E-state index in [0.717, 1.165) is 43.6 Å². The van der Waals surface area contributed by atoms with E-state index in [1.54, 1.807) is 12.1 Å². The van der Waals surface area contributed by atoms with E-state index in [2.05, 4.69) is 35.5 Å². The largest absolute Gasteiger partial charge is 0.322 e. The monoisotopic (exact) mass is 333 g/mol. The van der Waals surface area contributed by atoms with Crippen LogP contribution in [-0.2, 0) is 19.4 Å². The van der Waals surface area contributed by atoms with Gasteiger partial charge < -0.3 is 10.2 Å². The number of aryl methyl sites for hydroxylation is 2. The lowest BCUT2D eigenvalue weighted by Gasteiger charge is -2.15. The van der Waals surface area contributed by atoms with Crippen LogP contribution in [-0.4, -0.2) is 24.4 Å². The van der Waals surface area contributed by atoms with E-state index >= 15 is 0 Å². The van der Waals surface area contributed by atoms with Crippen molar-refractivity contribution < 1.29 is 4.79 Å². The molecule has 4 nitrogen and oxygen atoms in total. The molecule has 3 rings (SSSR count). The van der Waals surface area contributed by atoms with E-state index in [0.29, 0.717) is 11.1 Å². The minimum absolute atomic E-state index is 0.180. The van der Waals surface area contributed by atoms with Gasteiger partial charge in [-0.1, -0.05) is 19.1 Å². The lowest BCUT2D eigenvalue weighted by Crippen LogP contribution is -2.17. The topological polar surface area (TPSA) is 56.1 Å². The molecule has 0 aromatic heterocycles. The second kappa shape index (κ2) is 7.50. The lowest BCUT2D eigenvalue weighted by molar-refractivity contribution is 0.102. The Kier molecular flexibility index (Phi) is 5.16. The number of carbonyl (C=O) groups excluding carboxylic acids is 1. The quantitative estimate of drug-likeness (QED) is 0.930. The van der Waals surface area contributed by atoms with Crippen molar-refractivity contribution in [2.24, 2.45) is 0 Å². The highest BCUT2D eigenvalue weighted by Gasteiger charge is 2.14. The SMILES string of the molecule is CCc1ccc(C(=O)Nc2ccc3c(c2)CN(C)CCC3)cc1C#N. The zero-order chi connectivity index (χ0) is 17.8. The van der Waals surface area contributed by atoms with Crippen molar-refractivity contribution in [2.45, 2.75) is 32.7 Å². The summed E-state index contributed by atoms with van der Waals surface area (Å²) in [6, 6.07) is 13.6. The highest BCUT2D eigenvalue weighted by atomic mass is 16.1. The number of anilines is 1. The molecule has 1 aliphatic heterocycles. The van der Waals surface area contributed by atoms with E-state index in [1.165, 1.54) is 11.1 Å². The molecule has 2 aromatic carbocycles. The first-order chi connectivity index (χ1) is 12.1. The molecule has 0 unspecified atom stereocenters. The predicted octanol–water partition coefficient (Wildman–Crippen LogP) is 3.75. The lowest BCUT2D eigenvalue weighted by atomic mass is 10.0. The highest BCUT2D eigenvalue weighted by molar-refractivity contribution is 6.04. The number of nitriles is 1. The van der Waals surface area contributed by atoms with Crippen LogP contribution in [0.2, 0.25) is 0 Å². The van der Waals surface area contributed by atoms with Crippen LogP contribution in [0.15, 0.2) is 36.4 Å². The van der Waals surface area contributed by atoms with Crippen LogP contribution in [0.25, 0.3) is 0 Å². The molecule has 0 saturated carbocycles. The van der Waals surface area contributed by atoms with Gasteiger partial charge in [0.2, 0.25) is 0 Å². The van der Waals surface area contributed by atoms with E-state index in [1.807, 2.05) is 19.1 Å². The number of benzene rings is 2. The average Bonchev–Trinajstić information content (AvgIpc) is 2.81. The summed E-state index contributed by atoms with van der Waals surface area (Å²) in [7, 11) is 2.12. The summed E-state index contributed by atoms with van der Waals surface area (Å²) in [6.45, 7) is 4.00. The standard InChI is InChI=1S/C21H23N3O/c1-3-15-6-7-17(11-18(15)13-22)21(25)23-20-9-8-16-5-4-10-24(2)14-19(16)12-20/h6-9,11-12H,3-5,10,14H2,1-2H3,(H,23,25). The molecule has 2 aromatic rings. The maximum absolute atomic E-state index is 12.6. The second-order valence-corrected chi connectivity index (χ2v) is 6.62. The van der Waals surface area contributed by atoms with Gasteiger partial charge in [-0.05, 0) is 73.8 Å². The van der Waals surface area contributed by atoms with Crippen molar-refractivity contribution in [3.05, 3.63) is 64.2 Å². The molecule has 1 aliphatic rings. The Labute approximate surface area is 149 Å². The van der Waals surface area contributed by atoms with Gasteiger partial charge in [-0.15, -0.1) is 0 Å². The van der Waals surface area contributed by atoms with Gasteiger partial charge in [0.05, 0.1) is 11.6 Å². The fourth-order valence-electron chi connectivity index (χ4n) is 3.34. The average molecular weight is 333 g/mol. The number of rotatable bonds is 3. The van der Waals surface area contributed by atoms with Gasteiger partial charge in [0.25, 0.3) is 5.91 Å². The first-order valence-electron chi connectivity index (χ1n) is 8.75. The number of hydrogen-bond donors (Lipinski definition) is 1. The van der Waals surface area contributed by atoms with Gasteiger partial charge in [0.1, 0.15) is 0 Å². The van der Waals surface area contributed by atoms with Gasteiger partial charge in [-0.25, -0.2) is 0 Å². The summed E-state index contributed by atoms with van der Waals surface area (Å²) in [4.78, 5) is 14.9. The van der Waals surface area contributed by atoms with E-state index in [4.69, 9.17) is 0 Å². The van der Waals surface area contributed by atoms with Gasteiger partial charge in [0, 0.05) is 17.8 Å². The van der Waals surface area contributed by atoms with Crippen LogP contribution in [0.4, 0.5) is 5.69 Å². The maximum atomic E-state index is 12.6. The summed E-state index contributed by atoms with van der Waals surface area (Å²) in [6.07, 6.45) is 3.02. The Morgan fingerprint density at radius 3 is 2.84 bits per heavy atom. The molecule has 0 saturated heterocycles. The van der Waals surface area contributed by atoms with E-state index < -0.39 is 0 Å². The Morgan fingerprint density at radius 1 is 1.24 bits per heavy atom. The summed E-state index contributed by atoms with van der Waals surface area (Å²) in [5.41, 5.74) is 5.49. The summed E-state index contributed by atoms with van der Waals surface area (Å²) in [5.74, 6) is -0.180. The Balaban J connectivity index is 1.81. The van der Waals surface area contributed by atoms with E-state index in [-0.39, 0.29) is 5.91 Å². The molecule has 1 heterocycles. The molecule has 4 heteroatoms. The normalized spacial score (nSPS) is 14.3. The molecule has 0 fully saturated rings. The molecule has 0 spiro atoms. The van der Waals surface area contributed by atoms with Gasteiger partial charge in [0.15, 0.2) is 0 Å². The minimum Gasteiger partial charge on any atom is -0.322 e. The van der Waals surface area contributed by atoms with Gasteiger partial charge in [-0.2, -0.15) is 5.26 Å². The van der Waals surface area contributed by atoms with Crippen LogP contribution >= 0.6 is 0 Å². The number of nitrogens with zero attached hydrogens (tertiary/aromatic N) is 2. The smallest absolute Gasteiger partial charge is 0.255 e. The van der Waals surface area contributed by atoms with E-state index in [9.17, 15) is 10.1 Å². The number of fused-ring (bicyclic) bond motifs is 1. The second-order valence-electron chi connectivity index (χ2n) is 6.62. The van der Waals surface area contributed by atoms with Crippen LogP contribution in [0.1, 0.15) is 46.0 Å². The summed E-state index contributed by atoms with van der Waals surface area (Å²) >= 11 is 0. The first-order valence-corrected chi connectivity index (χ1v) is 8.75. The number of carbonyl (C=O) groups is 1. The summed E-state index contributed by atoms with van der Waals surface area (Å²) in [5, 5.41) is 12.2. The molecular formula is C21H23N3O. The van der Waals surface area contributed by atoms with Crippen molar-refractivity contribution in [3.8, 4) is 6.07 Å². The van der Waals surface area contributed by atoms with Gasteiger partial charge in [-0.3, -0.25) is 4.79 Å². The molecule has 1 N–H and O–H groups in total. The van der Waals surface area contributed by atoms with Crippen molar-refractivity contribution in [3.63, 3.8) is 0 Å². The molecular weight excluding hydrogens is 310 g/mol. The fourth-order valence-corrected chi connectivity index (χ4v) is 3.34. The summed E-state index contributed by atoms with van der Waals surface area (Å²) < 4.78 is 0. The van der Waals surface area contributed by atoms with Crippen LogP contribution < -0.4 is 5.32 Å². The zero-order valence-corrected chi connectivity index (χ0v) is 14.8. The minimum atomic E-state index is -0.180. The predicted molar refractivity (Wildman–Crippen MR) is 99.6 cm³/mol. The van der Waals surface area contributed by atoms with Crippen LogP contribution in [0.3, 0.4) is 0 Å². The number of hydrogen-bond acceptors (Lipinski definition) is 3. The Bertz CT molecular complexity index is 836. The first kappa shape index (κ1) is 17.2. The zero-order valence-electron chi connectivity index (χ0n) is 14.8. The molecule has 0 aliphatic carbocycles. The highest BCUT2D eigenvalue weighted by Crippen LogP contribution is 2.22. The molecule has 0 bridgehead atoms. The van der Waals surface area contributed by atoms with Gasteiger partial charge >= 0.3 is 0 Å². The number of nitrogens with one attached hydrogen (secondary N) is 1. The van der Waals surface area contributed by atoms with Crippen molar-refractivity contribution in [1.82, 2.24) is 4.90 Å². The number of amides is 1. The van der Waals surface area contributed by atoms with Crippen molar-refractivity contribution >= 4 is 11.6 Å².